The lowest BCUT2D eigenvalue weighted by molar-refractivity contribution is -0.150. The van der Waals surface area contributed by atoms with Gasteiger partial charge in [0.05, 0.1) is 19.8 Å². The molecule has 0 aromatic carbocycles. The molecule has 7 heteroatoms. The zero-order valence-corrected chi connectivity index (χ0v) is 10.3. The Balaban J connectivity index is 1.99. The first-order chi connectivity index (χ1) is 8.70. The molecule has 0 spiro atoms. The van der Waals surface area contributed by atoms with Gasteiger partial charge in [-0.25, -0.2) is 0 Å². The zero-order valence-electron chi connectivity index (χ0n) is 10.3. The van der Waals surface area contributed by atoms with Gasteiger partial charge < -0.3 is 14.4 Å². The first-order valence-electron chi connectivity index (χ1n) is 6.06. The van der Waals surface area contributed by atoms with E-state index in [4.69, 9.17) is 14.4 Å². The molecular formula is C11H17N3O4. The molecule has 0 bridgehead atoms. The third-order valence-corrected chi connectivity index (χ3v) is 2.84. The van der Waals surface area contributed by atoms with E-state index in [0.717, 1.165) is 12.8 Å². The number of carboxylic acid groups (broad SMARTS) is 1. The minimum absolute atomic E-state index is 0.203. The molecule has 0 radical (unpaired) electrons. The van der Waals surface area contributed by atoms with Gasteiger partial charge in [-0.3, -0.25) is 9.69 Å². The highest BCUT2D eigenvalue weighted by molar-refractivity contribution is 5.73. The van der Waals surface area contributed by atoms with Crippen LogP contribution in [0.4, 0.5) is 0 Å². The van der Waals surface area contributed by atoms with Crippen molar-refractivity contribution in [2.24, 2.45) is 0 Å². The molecule has 2 heterocycles. The fraction of sp³-hybridized carbons (Fsp3) is 0.727. The summed E-state index contributed by atoms with van der Waals surface area (Å²) in [7, 11) is 0. The van der Waals surface area contributed by atoms with Crippen LogP contribution in [0.15, 0.2) is 4.52 Å². The van der Waals surface area contributed by atoms with Crippen LogP contribution in [-0.2, 0) is 22.5 Å². The van der Waals surface area contributed by atoms with Crippen molar-refractivity contribution in [3.05, 3.63) is 11.7 Å². The second-order valence-electron chi connectivity index (χ2n) is 4.25. The van der Waals surface area contributed by atoms with E-state index in [9.17, 15) is 4.79 Å². The highest BCUT2D eigenvalue weighted by Crippen LogP contribution is 2.11. The molecule has 0 saturated carbocycles. The quantitative estimate of drug-likeness (QED) is 0.809. The molecule has 18 heavy (non-hydrogen) atoms. The molecule has 1 aliphatic heterocycles. The molecule has 0 aliphatic carbocycles. The van der Waals surface area contributed by atoms with Crippen LogP contribution in [0.25, 0.3) is 0 Å². The minimum Gasteiger partial charge on any atom is -0.480 e. The van der Waals surface area contributed by atoms with Crippen LogP contribution in [0, 0.1) is 0 Å². The van der Waals surface area contributed by atoms with Crippen molar-refractivity contribution in [2.75, 3.05) is 19.8 Å². The highest BCUT2D eigenvalue weighted by Gasteiger charge is 2.30. The molecule has 0 amide bonds. The molecular weight excluding hydrogens is 238 g/mol. The Labute approximate surface area is 105 Å². The van der Waals surface area contributed by atoms with Crippen molar-refractivity contribution in [2.45, 2.75) is 32.4 Å². The topological polar surface area (TPSA) is 88.7 Å². The predicted molar refractivity (Wildman–Crippen MR) is 60.9 cm³/mol. The lowest BCUT2D eigenvalue weighted by Crippen LogP contribution is -2.49. The Morgan fingerprint density at radius 1 is 1.61 bits per heavy atom. The molecule has 1 atom stereocenters. The summed E-state index contributed by atoms with van der Waals surface area (Å²) in [5, 5.41) is 13.0. The first-order valence-corrected chi connectivity index (χ1v) is 6.06. The van der Waals surface area contributed by atoms with Gasteiger partial charge in [0.15, 0.2) is 5.82 Å². The maximum atomic E-state index is 11.1. The van der Waals surface area contributed by atoms with Crippen LogP contribution in [0.1, 0.15) is 25.1 Å². The van der Waals surface area contributed by atoms with E-state index in [2.05, 4.69) is 10.1 Å². The second kappa shape index (κ2) is 5.92. The summed E-state index contributed by atoms with van der Waals surface area (Å²) >= 11 is 0. The number of ether oxygens (including phenoxy) is 1. The third-order valence-electron chi connectivity index (χ3n) is 2.84. The smallest absolute Gasteiger partial charge is 0.323 e. The molecule has 100 valence electrons. The summed E-state index contributed by atoms with van der Waals surface area (Å²) in [4.78, 5) is 17.1. The third kappa shape index (κ3) is 3.05. The van der Waals surface area contributed by atoms with Crippen molar-refractivity contribution in [3.63, 3.8) is 0 Å². The molecule has 1 saturated heterocycles. The summed E-state index contributed by atoms with van der Waals surface area (Å²) in [5.41, 5.74) is 0. The molecule has 1 aromatic heterocycles. The molecule has 1 aliphatic rings. The lowest BCUT2D eigenvalue weighted by Gasteiger charge is -2.31. The monoisotopic (exact) mass is 255 g/mol. The molecule has 1 fully saturated rings. The van der Waals surface area contributed by atoms with Crippen molar-refractivity contribution in [1.29, 1.82) is 0 Å². The largest absolute Gasteiger partial charge is 0.480 e. The number of aromatic nitrogens is 2. The standard InChI is InChI=1S/C11H17N3O4/c1-2-3-10-12-9(13-18-10)6-14-4-5-17-7-8(14)11(15)16/h8H,2-7H2,1H3,(H,15,16). The molecule has 1 aromatic rings. The highest BCUT2D eigenvalue weighted by atomic mass is 16.5. The van der Waals surface area contributed by atoms with Crippen LogP contribution in [0.5, 0.6) is 0 Å². The van der Waals surface area contributed by atoms with Gasteiger partial charge in [-0.15, -0.1) is 0 Å². The maximum Gasteiger partial charge on any atom is 0.323 e. The second-order valence-corrected chi connectivity index (χ2v) is 4.25. The Morgan fingerprint density at radius 3 is 3.17 bits per heavy atom. The Kier molecular flexibility index (Phi) is 4.27. The number of hydrogen-bond donors (Lipinski definition) is 1. The Morgan fingerprint density at radius 2 is 2.44 bits per heavy atom. The Bertz CT molecular complexity index is 407. The summed E-state index contributed by atoms with van der Waals surface area (Å²) in [5.74, 6) is 0.256. The van der Waals surface area contributed by atoms with Gasteiger partial charge in [0, 0.05) is 13.0 Å². The van der Waals surface area contributed by atoms with Crippen LogP contribution >= 0.6 is 0 Å². The van der Waals surface area contributed by atoms with Gasteiger partial charge >= 0.3 is 5.97 Å². The van der Waals surface area contributed by atoms with Gasteiger partial charge in [-0.05, 0) is 6.42 Å². The molecule has 2 rings (SSSR count). The summed E-state index contributed by atoms with van der Waals surface area (Å²) in [6.45, 7) is 3.72. The molecule has 1 N–H and O–H groups in total. The van der Waals surface area contributed by atoms with Crippen LogP contribution in [0.3, 0.4) is 0 Å². The van der Waals surface area contributed by atoms with Gasteiger partial charge in [0.2, 0.25) is 5.89 Å². The number of aliphatic carboxylic acids is 1. The first kappa shape index (κ1) is 13.0. The number of carboxylic acids is 1. The van der Waals surface area contributed by atoms with Crippen LogP contribution in [0.2, 0.25) is 0 Å². The number of nitrogens with zero attached hydrogens (tertiary/aromatic N) is 3. The van der Waals surface area contributed by atoms with Crippen molar-refractivity contribution < 1.29 is 19.2 Å². The number of carbonyl (C=O) groups is 1. The van der Waals surface area contributed by atoms with E-state index in [-0.39, 0.29) is 6.61 Å². The molecule has 1 unspecified atom stereocenters. The average Bonchev–Trinajstić information content (AvgIpc) is 2.77. The summed E-state index contributed by atoms with van der Waals surface area (Å²) in [6, 6.07) is -0.633. The summed E-state index contributed by atoms with van der Waals surface area (Å²) in [6.07, 6.45) is 1.69. The van der Waals surface area contributed by atoms with Crippen molar-refractivity contribution in [3.8, 4) is 0 Å². The minimum atomic E-state index is -0.882. The Hall–Kier alpha value is -1.47. The van der Waals surface area contributed by atoms with Crippen molar-refractivity contribution >= 4 is 5.97 Å². The van der Waals surface area contributed by atoms with Crippen molar-refractivity contribution in [1.82, 2.24) is 15.0 Å². The summed E-state index contributed by atoms with van der Waals surface area (Å²) < 4.78 is 10.2. The van der Waals surface area contributed by atoms with E-state index in [1.54, 1.807) is 4.90 Å². The van der Waals surface area contributed by atoms with Gasteiger partial charge in [-0.1, -0.05) is 12.1 Å². The predicted octanol–water partition coefficient (Wildman–Crippen LogP) is 0.307. The van der Waals surface area contributed by atoms with Gasteiger partial charge in [-0.2, -0.15) is 4.98 Å². The van der Waals surface area contributed by atoms with E-state index >= 15 is 0 Å². The van der Waals surface area contributed by atoms with E-state index in [1.807, 2.05) is 6.92 Å². The van der Waals surface area contributed by atoms with Gasteiger partial charge in [0.1, 0.15) is 6.04 Å². The van der Waals surface area contributed by atoms with Crippen LogP contribution in [-0.4, -0.2) is 51.9 Å². The molecule has 7 nitrogen and oxygen atoms in total. The fourth-order valence-electron chi connectivity index (χ4n) is 1.91. The fourth-order valence-corrected chi connectivity index (χ4v) is 1.91. The number of hydrogen-bond acceptors (Lipinski definition) is 6. The van der Waals surface area contributed by atoms with Crippen LogP contribution < -0.4 is 0 Å². The zero-order chi connectivity index (χ0) is 13.0. The maximum absolute atomic E-state index is 11.1. The SMILES string of the molecule is CCCc1nc(CN2CCOCC2C(=O)O)no1. The number of aryl methyl sites for hydroxylation is 1. The van der Waals surface area contributed by atoms with Gasteiger partial charge in [0.25, 0.3) is 0 Å². The number of morpholine rings is 1. The number of rotatable bonds is 5. The lowest BCUT2D eigenvalue weighted by atomic mass is 10.2. The van der Waals surface area contributed by atoms with E-state index in [1.165, 1.54) is 0 Å². The normalized spacial score (nSPS) is 21.1. The van der Waals surface area contributed by atoms with E-state index in [0.29, 0.717) is 31.4 Å². The average molecular weight is 255 g/mol. The van der Waals surface area contributed by atoms with E-state index < -0.39 is 12.0 Å².